The summed E-state index contributed by atoms with van der Waals surface area (Å²) in [5, 5.41) is 12.3. The molecule has 1 saturated carbocycles. The van der Waals surface area contributed by atoms with Gasteiger partial charge in [-0.1, -0.05) is 0 Å². The topological polar surface area (TPSA) is 65.1 Å². The smallest absolute Gasteiger partial charge is 0.223 e. The second-order valence-corrected chi connectivity index (χ2v) is 7.69. The molecule has 1 aliphatic carbocycles. The summed E-state index contributed by atoms with van der Waals surface area (Å²) in [7, 11) is 0. The Morgan fingerprint density at radius 2 is 1.86 bits per heavy atom. The molecule has 7 heteroatoms. The number of nitrogens with one attached hydrogen (secondary N) is 2. The number of aromatic nitrogens is 1. The summed E-state index contributed by atoms with van der Waals surface area (Å²) in [6, 6.07) is 7.59. The fraction of sp³-hybridized carbons (Fsp3) is 0.318. The monoisotopic (exact) mass is 402 g/mol. The molecule has 29 heavy (non-hydrogen) atoms. The molecular formula is C22H21F3N2O2. The van der Waals surface area contributed by atoms with Gasteiger partial charge in [-0.05, 0) is 67.1 Å². The van der Waals surface area contributed by atoms with Gasteiger partial charge >= 0.3 is 0 Å². The van der Waals surface area contributed by atoms with Gasteiger partial charge in [-0.25, -0.2) is 13.2 Å². The Hall–Kier alpha value is -2.80. The molecular weight excluding hydrogens is 381 g/mol. The number of halogens is 3. The lowest BCUT2D eigenvalue weighted by atomic mass is 9.69. The predicted molar refractivity (Wildman–Crippen MR) is 104 cm³/mol. The van der Waals surface area contributed by atoms with Crippen LogP contribution in [0.3, 0.4) is 0 Å². The van der Waals surface area contributed by atoms with E-state index in [2.05, 4.69) is 10.3 Å². The molecule has 0 bridgehead atoms. The molecule has 4 nitrogen and oxygen atoms in total. The molecule has 0 radical (unpaired) electrons. The molecule has 3 aromatic rings. The zero-order valence-electron chi connectivity index (χ0n) is 15.8. The number of benzene rings is 2. The quantitative estimate of drug-likeness (QED) is 0.598. The Morgan fingerprint density at radius 3 is 2.52 bits per heavy atom. The maximum Gasteiger partial charge on any atom is 0.223 e. The van der Waals surface area contributed by atoms with E-state index in [-0.39, 0.29) is 41.7 Å². The minimum atomic E-state index is -0.694. The summed E-state index contributed by atoms with van der Waals surface area (Å²) >= 11 is 0. The zero-order valence-corrected chi connectivity index (χ0v) is 15.8. The van der Waals surface area contributed by atoms with E-state index in [1.54, 1.807) is 19.1 Å². The van der Waals surface area contributed by atoms with Crippen LogP contribution in [0.2, 0.25) is 0 Å². The van der Waals surface area contributed by atoms with Crippen molar-refractivity contribution in [2.24, 2.45) is 5.92 Å². The molecule has 1 fully saturated rings. The molecule has 3 N–H and O–H groups in total. The van der Waals surface area contributed by atoms with E-state index >= 15 is 0 Å². The number of aromatic amines is 1. The number of fused-ring (bicyclic) bond motifs is 1. The Labute approximate surface area is 165 Å². The fourth-order valence-corrected chi connectivity index (χ4v) is 3.98. The second-order valence-electron chi connectivity index (χ2n) is 7.69. The number of aliphatic hydroxyl groups is 1. The van der Waals surface area contributed by atoms with E-state index in [0.29, 0.717) is 29.5 Å². The summed E-state index contributed by atoms with van der Waals surface area (Å²) in [5.74, 6) is -2.18. The maximum atomic E-state index is 14.4. The number of hydrogen-bond acceptors (Lipinski definition) is 2. The van der Waals surface area contributed by atoms with Gasteiger partial charge in [0.1, 0.15) is 17.5 Å². The van der Waals surface area contributed by atoms with Crippen LogP contribution in [0.5, 0.6) is 0 Å². The minimum Gasteiger partial charge on any atom is -0.394 e. The van der Waals surface area contributed by atoms with E-state index < -0.39 is 11.6 Å². The first kappa shape index (κ1) is 19.5. The van der Waals surface area contributed by atoms with Crippen molar-refractivity contribution < 1.29 is 23.1 Å². The first-order valence-electron chi connectivity index (χ1n) is 9.55. The molecule has 1 aliphatic rings. The third kappa shape index (κ3) is 3.62. The first-order chi connectivity index (χ1) is 13.9. The Balaban J connectivity index is 1.71. The highest BCUT2D eigenvalue weighted by molar-refractivity contribution is 5.92. The molecule has 2 aromatic carbocycles. The molecule has 1 atom stereocenters. The summed E-state index contributed by atoms with van der Waals surface area (Å²) in [6.45, 7) is 1.57. The number of amides is 1. The van der Waals surface area contributed by atoms with Gasteiger partial charge in [0, 0.05) is 23.4 Å². The first-order valence-corrected chi connectivity index (χ1v) is 9.55. The second kappa shape index (κ2) is 7.55. The summed E-state index contributed by atoms with van der Waals surface area (Å²) < 4.78 is 41.6. The van der Waals surface area contributed by atoms with Gasteiger partial charge in [0.2, 0.25) is 5.91 Å². The molecule has 152 valence electrons. The molecule has 0 aliphatic heterocycles. The van der Waals surface area contributed by atoms with Crippen LogP contribution in [-0.2, 0) is 4.79 Å². The maximum absolute atomic E-state index is 14.4. The van der Waals surface area contributed by atoms with Crippen molar-refractivity contribution in [3.8, 4) is 11.3 Å². The van der Waals surface area contributed by atoms with E-state index in [0.717, 1.165) is 11.6 Å². The summed E-state index contributed by atoms with van der Waals surface area (Å²) in [4.78, 5) is 15.3. The van der Waals surface area contributed by atoms with Crippen LogP contribution >= 0.6 is 0 Å². The van der Waals surface area contributed by atoms with Crippen LogP contribution in [0, 0.1) is 23.4 Å². The number of carbonyl (C=O) groups is 1. The SMILES string of the molecule is C[C@@H](CO)NC(=O)[C@H]1C[C@@H](c2c(-c3ccc(F)cc3)[nH]c3c(F)cc(F)cc32)C1. The fourth-order valence-electron chi connectivity index (χ4n) is 3.98. The highest BCUT2D eigenvalue weighted by Crippen LogP contribution is 2.48. The standard InChI is InChI=1S/C22H21F3N2O2/c1-11(10-28)26-22(29)14-6-13(7-14)19-17-8-16(24)9-18(25)21(17)27-20(19)12-2-4-15(23)5-3-12/h2-5,8-9,11,13-14,27-28H,6-7,10H2,1H3,(H,26,29)/t11-,13-,14+/m0/s1. The Bertz CT molecular complexity index is 1060. The minimum absolute atomic E-state index is 0.0646. The van der Waals surface area contributed by atoms with Crippen LogP contribution in [0.15, 0.2) is 36.4 Å². The third-order valence-electron chi connectivity index (χ3n) is 5.58. The van der Waals surface area contributed by atoms with E-state index in [9.17, 15) is 18.0 Å². The van der Waals surface area contributed by atoms with Crippen LogP contribution in [-0.4, -0.2) is 28.6 Å². The molecule has 4 rings (SSSR count). The van der Waals surface area contributed by atoms with Gasteiger partial charge in [-0.2, -0.15) is 0 Å². The van der Waals surface area contributed by atoms with Gasteiger partial charge in [0.15, 0.2) is 0 Å². The number of hydrogen-bond donors (Lipinski definition) is 3. The van der Waals surface area contributed by atoms with Gasteiger partial charge in [0.25, 0.3) is 0 Å². The number of carbonyl (C=O) groups excluding carboxylic acids is 1. The van der Waals surface area contributed by atoms with Crippen LogP contribution in [0.25, 0.3) is 22.2 Å². The van der Waals surface area contributed by atoms with E-state index in [1.807, 2.05) is 0 Å². The third-order valence-corrected chi connectivity index (χ3v) is 5.58. The van der Waals surface area contributed by atoms with Crippen molar-refractivity contribution in [1.29, 1.82) is 0 Å². The highest BCUT2D eigenvalue weighted by Gasteiger charge is 2.38. The van der Waals surface area contributed by atoms with Gasteiger partial charge in [0.05, 0.1) is 17.8 Å². The van der Waals surface area contributed by atoms with Crippen molar-refractivity contribution in [2.45, 2.75) is 31.7 Å². The normalized spacial score (nSPS) is 19.8. The van der Waals surface area contributed by atoms with Crippen molar-refractivity contribution in [1.82, 2.24) is 10.3 Å². The lowest BCUT2D eigenvalue weighted by Crippen LogP contribution is -2.43. The molecule has 0 unspecified atom stereocenters. The Morgan fingerprint density at radius 1 is 1.17 bits per heavy atom. The van der Waals surface area contributed by atoms with Crippen molar-refractivity contribution in [3.05, 3.63) is 59.4 Å². The Kier molecular flexibility index (Phi) is 5.08. The predicted octanol–water partition coefficient (Wildman–Crippen LogP) is 4.24. The number of aliphatic hydroxyl groups excluding tert-OH is 1. The van der Waals surface area contributed by atoms with Gasteiger partial charge in [-0.15, -0.1) is 0 Å². The molecule has 1 aromatic heterocycles. The zero-order chi connectivity index (χ0) is 20.7. The molecule has 0 spiro atoms. The van der Waals surface area contributed by atoms with Crippen molar-refractivity contribution >= 4 is 16.8 Å². The highest BCUT2D eigenvalue weighted by atomic mass is 19.1. The van der Waals surface area contributed by atoms with Crippen LogP contribution < -0.4 is 5.32 Å². The summed E-state index contributed by atoms with van der Waals surface area (Å²) in [6.07, 6.45) is 1.06. The lowest BCUT2D eigenvalue weighted by Gasteiger charge is -2.35. The number of H-pyrrole nitrogens is 1. The molecule has 0 saturated heterocycles. The average Bonchev–Trinajstić information content (AvgIpc) is 3.00. The van der Waals surface area contributed by atoms with Crippen LogP contribution in [0.1, 0.15) is 31.2 Å². The van der Waals surface area contributed by atoms with Crippen molar-refractivity contribution in [2.75, 3.05) is 6.61 Å². The van der Waals surface area contributed by atoms with E-state index in [4.69, 9.17) is 5.11 Å². The van der Waals surface area contributed by atoms with E-state index in [1.165, 1.54) is 18.2 Å². The molecule has 1 heterocycles. The van der Waals surface area contributed by atoms with Gasteiger partial charge < -0.3 is 15.4 Å². The van der Waals surface area contributed by atoms with Gasteiger partial charge in [-0.3, -0.25) is 4.79 Å². The average molecular weight is 402 g/mol. The largest absolute Gasteiger partial charge is 0.394 e. The summed E-state index contributed by atoms with van der Waals surface area (Å²) in [5.41, 5.74) is 2.21. The molecule has 1 amide bonds. The van der Waals surface area contributed by atoms with Crippen LogP contribution in [0.4, 0.5) is 13.2 Å². The lowest BCUT2D eigenvalue weighted by molar-refractivity contribution is -0.128. The van der Waals surface area contributed by atoms with Crippen molar-refractivity contribution in [3.63, 3.8) is 0 Å². The number of rotatable bonds is 5.